The normalized spacial score (nSPS) is 23.3. The number of aromatic hydroxyl groups is 1. The van der Waals surface area contributed by atoms with Crippen LogP contribution in [0.2, 0.25) is 0 Å². The average Bonchev–Trinajstić information content (AvgIpc) is 3.10. The molecule has 2 aromatic carbocycles. The van der Waals surface area contributed by atoms with Gasteiger partial charge in [0.05, 0.1) is 24.5 Å². The van der Waals surface area contributed by atoms with Crippen LogP contribution >= 0.6 is 0 Å². The van der Waals surface area contributed by atoms with Crippen LogP contribution in [0.3, 0.4) is 0 Å². The molecule has 36 heavy (non-hydrogen) atoms. The van der Waals surface area contributed by atoms with Crippen molar-refractivity contribution in [2.45, 2.75) is 45.6 Å². The van der Waals surface area contributed by atoms with Crippen molar-refractivity contribution >= 4 is 23.5 Å². The minimum absolute atomic E-state index is 0.154. The maximum Gasteiger partial charge on any atom is 0.233 e. The van der Waals surface area contributed by atoms with Gasteiger partial charge in [-0.15, -0.1) is 0 Å². The van der Waals surface area contributed by atoms with Gasteiger partial charge in [-0.3, -0.25) is 14.5 Å². The highest BCUT2D eigenvalue weighted by atomic mass is 16.3. The molecule has 1 saturated heterocycles. The molecular weight excluding hydrogens is 454 g/mol. The predicted octanol–water partition coefficient (Wildman–Crippen LogP) is 4.41. The molecule has 2 aromatic rings. The lowest BCUT2D eigenvalue weighted by Crippen LogP contribution is -2.38. The van der Waals surface area contributed by atoms with Gasteiger partial charge in [0.25, 0.3) is 0 Å². The van der Waals surface area contributed by atoms with E-state index < -0.39 is 23.9 Å². The number of hydrogen-bond donors (Lipinski definition) is 3. The van der Waals surface area contributed by atoms with E-state index in [1.807, 2.05) is 56.3 Å². The van der Waals surface area contributed by atoms with Gasteiger partial charge < -0.3 is 15.3 Å². The number of phenolic OH excluding ortho intramolecular Hbond substituents is 1. The summed E-state index contributed by atoms with van der Waals surface area (Å²) in [6.07, 6.45) is 3.24. The molecule has 3 N–H and O–H groups in total. The van der Waals surface area contributed by atoms with Crippen LogP contribution in [0, 0.1) is 17.8 Å². The van der Waals surface area contributed by atoms with Gasteiger partial charge in [0, 0.05) is 12.5 Å². The number of imide groups is 1. The van der Waals surface area contributed by atoms with Crippen molar-refractivity contribution in [1.29, 1.82) is 0 Å². The summed E-state index contributed by atoms with van der Waals surface area (Å²) in [5, 5.41) is 31.5. The van der Waals surface area contributed by atoms with Crippen molar-refractivity contribution in [3.8, 4) is 5.75 Å². The number of aliphatic hydroxyl groups is 2. The monoisotopic (exact) mass is 489 g/mol. The molecule has 1 heterocycles. The van der Waals surface area contributed by atoms with Crippen LogP contribution in [-0.4, -0.2) is 51.3 Å². The number of fused-ring (bicyclic) bond motifs is 1. The third kappa shape index (κ3) is 5.15. The van der Waals surface area contributed by atoms with Gasteiger partial charge in [0.1, 0.15) is 5.75 Å². The first-order valence-corrected chi connectivity index (χ1v) is 12.7. The van der Waals surface area contributed by atoms with Crippen molar-refractivity contribution in [2.24, 2.45) is 17.8 Å². The van der Waals surface area contributed by atoms with E-state index in [9.17, 15) is 24.9 Å². The Bertz CT molecular complexity index is 1170. The van der Waals surface area contributed by atoms with Crippen LogP contribution in [0.25, 0.3) is 11.6 Å². The van der Waals surface area contributed by atoms with Gasteiger partial charge in [0.2, 0.25) is 11.8 Å². The number of rotatable bonds is 9. The zero-order chi connectivity index (χ0) is 25.8. The Hall–Kier alpha value is -3.22. The lowest BCUT2D eigenvalue weighted by atomic mass is 9.68. The van der Waals surface area contributed by atoms with Gasteiger partial charge in [-0.25, -0.2) is 0 Å². The highest BCUT2D eigenvalue weighted by molar-refractivity contribution is 6.05. The molecule has 2 aliphatic rings. The van der Waals surface area contributed by atoms with E-state index in [4.69, 9.17) is 0 Å². The number of likely N-dealkylation sites (tertiary alicyclic amines) is 1. The maximum atomic E-state index is 13.1. The van der Waals surface area contributed by atoms with Crippen LogP contribution in [0.5, 0.6) is 5.75 Å². The molecule has 0 radical (unpaired) electrons. The van der Waals surface area contributed by atoms with Crippen molar-refractivity contribution in [3.05, 3.63) is 76.9 Å². The summed E-state index contributed by atoms with van der Waals surface area (Å²) < 4.78 is 0. The van der Waals surface area contributed by atoms with E-state index in [-0.39, 0.29) is 24.2 Å². The third-order valence-corrected chi connectivity index (χ3v) is 7.47. The molecule has 1 aliphatic carbocycles. The Kier molecular flexibility index (Phi) is 8.07. The van der Waals surface area contributed by atoms with Crippen LogP contribution in [0.1, 0.15) is 50.7 Å². The summed E-state index contributed by atoms with van der Waals surface area (Å²) in [6, 6.07) is 16.9. The molecule has 4 atom stereocenters. The van der Waals surface area contributed by atoms with E-state index in [1.54, 1.807) is 18.2 Å². The number of carbonyl (C=O) groups is 2. The zero-order valence-corrected chi connectivity index (χ0v) is 20.9. The Morgan fingerprint density at radius 2 is 1.86 bits per heavy atom. The largest absolute Gasteiger partial charge is 0.508 e. The predicted molar refractivity (Wildman–Crippen MR) is 140 cm³/mol. The molecular formula is C30H35NO5. The SMILES string of the molecule is CCCN1C(=O)[C@@H]2[C@@H](CC(C)=C([C@H](O)CC/C(=C/c3cccc(O)c3)c3ccccc3)[C@@H]2CO)C1=O. The zero-order valence-electron chi connectivity index (χ0n) is 20.9. The summed E-state index contributed by atoms with van der Waals surface area (Å²) in [7, 11) is 0. The van der Waals surface area contributed by atoms with E-state index in [2.05, 4.69) is 0 Å². The number of hydrogen-bond acceptors (Lipinski definition) is 5. The Labute approximate surface area is 212 Å². The number of nitrogens with zero attached hydrogens (tertiary/aromatic N) is 1. The van der Waals surface area contributed by atoms with Crippen LogP contribution < -0.4 is 0 Å². The lowest BCUT2D eigenvalue weighted by Gasteiger charge is -2.35. The Morgan fingerprint density at radius 1 is 1.11 bits per heavy atom. The second-order valence-corrected chi connectivity index (χ2v) is 9.87. The quantitative estimate of drug-likeness (QED) is 0.275. The molecule has 6 nitrogen and oxygen atoms in total. The van der Waals surface area contributed by atoms with E-state index >= 15 is 0 Å². The molecule has 1 aliphatic heterocycles. The molecule has 0 aromatic heterocycles. The summed E-state index contributed by atoms with van der Waals surface area (Å²) in [4.78, 5) is 27.4. The van der Waals surface area contributed by atoms with Gasteiger partial charge in [-0.1, -0.05) is 61.0 Å². The number of aliphatic hydroxyl groups excluding tert-OH is 2. The molecule has 190 valence electrons. The average molecular weight is 490 g/mol. The van der Waals surface area contributed by atoms with Crippen LogP contribution in [0.4, 0.5) is 0 Å². The summed E-state index contributed by atoms with van der Waals surface area (Å²) >= 11 is 0. The molecule has 0 saturated carbocycles. The lowest BCUT2D eigenvalue weighted by molar-refractivity contribution is -0.140. The number of allylic oxidation sites excluding steroid dienone is 2. The molecule has 4 rings (SSSR count). The van der Waals surface area contributed by atoms with Gasteiger partial charge in [-0.2, -0.15) is 0 Å². The highest BCUT2D eigenvalue weighted by Crippen LogP contribution is 2.46. The first-order chi connectivity index (χ1) is 17.3. The highest BCUT2D eigenvalue weighted by Gasteiger charge is 2.54. The first kappa shape index (κ1) is 25.9. The maximum absolute atomic E-state index is 13.1. The van der Waals surface area contributed by atoms with Crippen molar-refractivity contribution in [2.75, 3.05) is 13.2 Å². The van der Waals surface area contributed by atoms with Crippen molar-refractivity contribution in [3.63, 3.8) is 0 Å². The molecule has 0 bridgehead atoms. The van der Waals surface area contributed by atoms with Gasteiger partial charge >= 0.3 is 0 Å². The molecule has 2 amide bonds. The third-order valence-electron chi connectivity index (χ3n) is 7.47. The fraction of sp³-hybridized carbons (Fsp3) is 0.400. The Morgan fingerprint density at radius 3 is 2.53 bits per heavy atom. The summed E-state index contributed by atoms with van der Waals surface area (Å²) in [6.45, 7) is 3.94. The number of phenols is 1. The Balaban J connectivity index is 1.58. The minimum Gasteiger partial charge on any atom is -0.508 e. The second-order valence-electron chi connectivity index (χ2n) is 9.87. The minimum atomic E-state index is -0.845. The first-order valence-electron chi connectivity index (χ1n) is 12.7. The van der Waals surface area contributed by atoms with Crippen LogP contribution in [-0.2, 0) is 9.59 Å². The van der Waals surface area contributed by atoms with E-state index in [1.165, 1.54) is 4.90 Å². The van der Waals surface area contributed by atoms with Crippen LogP contribution in [0.15, 0.2) is 65.7 Å². The van der Waals surface area contributed by atoms with Crippen molar-refractivity contribution in [1.82, 2.24) is 4.90 Å². The van der Waals surface area contributed by atoms with E-state index in [0.29, 0.717) is 37.8 Å². The molecule has 0 unspecified atom stereocenters. The van der Waals surface area contributed by atoms with Crippen molar-refractivity contribution < 1.29 is 24.9 Å². The van der Waals surface area contributed by atoms with Gasteiger partial charge in [0.15, 0.2) is 0 Å². The number of benzene rings is 2. The molecule has 0 spiro atoms. The number of carbonyl (C=O) groups excluding carboxylic acids is 2. The second kappa shape index (κ2) is 11.2. The molecule has 1 fully saturated rings. The molecule has 6 heteroatoms. The topological polar surface area (TPSA) is 98.1 Å². The van der Waals surface area contributed by atoms with E-state index in [0.717, 1.165) is 22.3 Å². The fourth-order valence-electron chi connectivity index (χ4n) is 5.84. The standard InChI is InChI=1S/C30H35NO5/c1-3-14-31-29(35)24-15-19(2)27(25(18-32)28(24)30(31)36)26(34)13-12-22(21-9-5-4-6-10-21)16-20-8-7-11-23(33)17-20/h4-11,16-17,24-26,28,32-34H,3,12-15,18H2,1-2H3/b22-16-/t24-,25+,26-,28-/m1/s1. The number of amides is 2. The smallest absolute Gasteiger partial charge is 0.233 e. The summed E-state index contributed by atoms with van der Waals surface area (Å²) in [5.74, 6) is -1.82. The fourth-order valence-corrected chi connectivity index (χ4v) is 5.84. The van der Waals surface area contributed by atoms with Gasteiger partial charge in [-0.05, 0) is 67.0 Å². The summed E-state index contributed by atoms with van der Waals surface area (Å²) in [5.41, 5.74) is 4.48.